The lowest BCUT2D eigenvalue weighted by molar-refractivity contribution is -0.139. The Bertz CT molecular complexity index is 1020. The zero-order valence-corrected chi connectivity index (χ0v) is 22.8. The molecule has 3 aliphatic heterocycles. The van der Waals surface area contributed by atoms with Crippen molar-refractivity contribution >= 4 is 40.2 Å². The molecule has 2 amide bonds. The average Bonchev–Trinajstić information content (AvgIpc) is 3.40. The fraction of sp³-hybridized carbons (Fsp3) is 0.500. The quantitative estimate of drug-likeness (QED) is 0.520. The number of amides is 2. The molecular weight excluding hydrogens is 526 g/mol. The maximum Gasteiger partial charge on any atom is 0.229 e. The highest BCUT2D eigenvalue weighted by molar-refractivity contribution is 9.10. The van der Waals surface area contributed by atoms with E-state index in [0.29, 0.717) is 24.3 Å². The maximum absolute atomic E-state index is 13.4. The second-order valence-corrected chi connectivity index (χ2v) is 11.3. The van der Waals surface area contributed by atoms with Crippen LogP contribution in [0, 0.1) is 11.3 Å². The third kappa shape index (κ3) is 5.60. The van der Waals surface area contributed by atoms with Gasteiger partial charge in [0.2, 0.25) is 11.8 Å². The molecule has 0 N–H and O–H groups in total. The van der Waals surface area contributed by atoms with E-state index in [1.807, 2.05) is 17.0 Å². The number of rotatable bonds is 5. The highest BCUT2D eigenvalue weighted by Crippen LogP contribution is 2.43. The van der Waals surface area contributed by atoms with Crippen LogP contribution in [0.2, 0.25) is 0 Å². The van der Waals surface area contributed by atoms with Crippen LogP contribution in [0.25, 0.3) is 0 Å². The number of likely N-dealkylation sites (tertiary alicyclic amines) is 3. The topological polar surface area (TPSA) is 43.9 Å². The van der Waals surface area contributed by atoms with E-state index in [1.165, 1.54) is 11.1 Å². The Morgan fingerprint density at radius 2 is 1.63 bits per heavy atom. The summed E-state index contributed by atoms with van der Waals surface area (Å²) in [6, 6.07) is 18.9. The van der Waals surface area contributed by atoms with Gasteiger partial charge in [0, 0.05) is 50.0 Å². The summed E-state index contributed by atoms with van der Waals surface area (Å²) in [6.07, 6.45) is 2.87. The summed E-state index contributed by atoms with van der Waals surface area (Å²) in [5.41, 5.74) is 2.35. The van der Waals surface area contributed by atoms with Crippen molar-refractivity contribution < 1.29 is 9.59 Å². The lowest BCUT2D eigenvalue weighted by Gasteiger charge is -2.39. The molecule has 2 aromatic rings. The first-order valence-corrected chi connectivity index (χ1v) is 13.3. The number of carbonyl (C=O) groups is 2. The van der Waals surface area contributed by atoms with Crippen molar-refractivity contribution in [3.63, 3.8) is 0 Å². The largest absolute Gasteiger partial charge is 0.342 e. The molecule has 2 unspecified atom stereocenters. The highest BCUT2D eigenvalue weighted by atomic mass is 79.9. The van der Waals surface area contributed by atoms with Crippen LogP contribution < -0.4 is 0 Å². The summed E-state index contributed by atoms with van der Waals surface area (Å²) in [6.45, 7) is 7.82. The third-order valence-corrected chi connectivity index (χ3v) is 8.84. The minimum Gasteiger partial charge on any atom is -0.342 e. The Morgan fingerprint density at radius 3 is 2.29 bits per heavy atom. The smallest absolute Gasteiger partial charge is 0.229 e. The summed E-state index contributed by atoms with van der Waals surface area (Å²) in [4.78, 5) is 32.1. The molecule has 3 fully saturated rings. The Morgan fingerprint density at radius 1 is 0.971 bits per heavy atom. The maximum atomic E-state index is 13.4. The molecule has 3 aliphatic rings. The molecular formula is C28H35BrClN3O2. The third-order valence-electron chi connectivity index (χ3n) is 8.31. The van der Waals surface area contributed by atoms with Gasteiger partial charge in [0.1, 0.15) is 0 Å². The molecule has 2 aromatic carbocycles. The Kier molecular flexibility index (Phi) is 8.24. The Labute approximate surface area is 223 Å². The van der Waals surface area contributed by atoms with E-state index in [9.17, 15) is 9.59 Å². The van der Waals surface area contributed by atoms with Crippen LogP contribution in [0.15, 0.2) is 59.1 Å². The first-order valence-electron chi connectivity index (χ1n) is 12.5. The number of carbonyl (C=O) groups excluding carboxylic acids is 2. The van der Waals surface area contributed by atoms with Gasteiger partial charge in [-0.2, -0.15) is 0 Å². The van der Waals surface area contributed by atoms with Gasteiger partial charge in [-0.15, -0.1) is 12.4 Å². The van der Waals surface area contributed by atoms with Crippen LogP contribution in [0.3, 0.4) is 0 Å². The van der Waals surface area contributed by atoms with Crippen LogP contribution in [0.4, 0.5) is 0 Å². The Hall–Kier alpha value is -1.89. The number of nitrogens with zero attached hydrogens (tertiary/aromatic N) is 3. The van der Waals surface area contributed by atoms with Crippen LogP contribution in [-0.2, 0) is 16.1 Å². The number of benzene rings is 2. The van der Waals surface area contributed by atoms with E-state index in [2.05, 4.69) is 68.2 Å². The molecule has 5 nitrogen and oxygen atoms in total. The molecule has 0 aliphatic carbocycles. The van der Waals surface area contributed by atoms with Gasteiger partial charge in [-0.1, -0.05) is 58.4 Å². The minimum absolute atomic E-state index is 0. The van der Waals surface area contributed by atoms with Gasteiger partial charge in [-0.3, -0.25) is 9.59 Å². The lowest BCUT2D eigenvalue weighted by atomic mass is 9.76. The molecule has 0 bridgehead atoms. The predicted octanol–water partition coefficient (Wildman–Crippen LogP) is 4.95. The molecule has 0 saturated carbocycles. The number of halogens is 2. The van der Waals surface area contributed by atoms with Gasteiger partial charge in [-0.25, -0.2) is 0 Å². The van der Waals surface area contributed by atoms with Crippen LogP contribution in [-0.4, -0.2) is 65.8 Å². The van der Waals surface area contributed by atoms with E-state index in [0.717, 1.165) is 63.0 Å². The highest BCUT2D eigenvalue weighted by Gasteiger charge is 2.48. The fourth-order valence-corrected chi connectivity index (χ4v) is 6.47. The summed E-state index contributed by atoms with van der Waals surface area (Å²) < 4.78 is 1.07. The fourth-order valence-electron chi connectivity index (χ4n) is 6.20. The summed E-state index contributed by atoms with van der Waals surface area (Å²) in [7, 11) is 0. The van der Waals surface area contributed by atoms with E-state index in [1.54, 1.807) is 6.92 Å². The number of piperidine rings is 1. The predicted molar refractivity (Wildman–Crippen MR) is 144 cm³/mol. The molecule has 35 heavy (non-hydrogen) atoms. The van der Waals surface area contributed by atoms with E-state index >= 15 is 0 Å². The standard InChI is InChI=1S/C28H34BrN3O2.ClH/c1-21(33)32-19-24(26(20-32)23-5-3-2-4-6-23)18-30-14-11-28(12-15-30)13-16-31(27(28)34)17-22-7-9-25(29)10-8-22;/h2-10,24,26H,11-20H2,1H3;1H. The minimum atomic E-state index is -0.175. The van der Waals surface area contributed by atoms with Crippen molar-refractivity contribution in [3.05, 3.63) is 70.2 Å². The molecule has 5 rings (SSSR count). The normalized spacial score (nSPS) is 24.1. The summed E-state index contributed by atoms with van der Waals surface area (Å²) in [5.74, 6) is 1.34. The second kappa shape index (κ2) is 11.0. The molecule has 3 heterocycles. The summed E-state index contributed by atoms with van der Waals surface area (Å²) in [5, 5.41) is 0. The van der Waals surface area contributed by atoms with Crippen LogP contribution >= 0.6 is 28.3 Å². The van der Waals surface area contributed by atoms with Crippen molar-refractivity contribution in [3.8, 4) is 0 Å². The molecule has 1 spiro atoms. The van der Waals surface area contributed by atoms with Crippen LogP contribution in [0.1, 0.15) is 43.2 Å². The van der Waals surface area contributed by atoms with Crippen molar-refractivity contribution in [2.45, 2.75) is 38.6 Å². The first-order chi connectivity index (χ1) is 16.4. The van der Waals surface area contributed by atoms with Gasteiger partial charge in [0.15, 0.2) is 0 Å². The molecule has 7 heteroatoms. The number of hydrogen-bond donors (Lipinski definition) is 0. The zero-order valence-electron chi connectivity index (χ0n) is 20.4. The number of hydrogen-bond acceptors (Lipinski definition) is 3. The molecule has 188 valence electrons. The van der Waals surface area contributed by atoms with Crippen LogP contribution in [0.5, 0.6) is 0 Å². The van der Waals surface area contributed by atoms with Gasteiger partial charge in [-0.05, 0) is 61.5 Å². The zero-order chi connectivity index (χ0) is 23.7. The van der Waals surface area contributed by atoms with Crippen molar-refractivity contribution in [2.24, 2.45) is 11.3 Å². The van der Waals surface area contributed by atoms with Crippen molar-refractivity contribution in [2.75, 3.05) is 39.3 Å². The molecule has 2 atom stereocenters. The molecule has 0 aromatic heterocycles. The monoisotopic (exact) mass is 559 g/mol. The van der Waals surface area contributed by atoms with E-state index < -0.39 is 0 Å². The van der Waals surface area contributed by atoms with E-state index in [4.69, 9.17) is 0 Å². The second-order valence-electron chi connectivity index (χ2n) is 10.4. The van der Waals surface area contributed by atoms with Gasteiger partial charge in [0.25, 0.3) is 0 Å². The van der Waals surface area contributed by atoms with Crippen molar-refractivity contribution in [1.82, 2.24) is 14.7 Å². The van der Waals surface area contributed by atoms with E-state index in [-0.39, 0.29) is 23.7 Å². The van der Waals surface area contributed by atoms with Crippen molar-refractivity contribution in [1.29, 1.82) is 0 Å². The van der Waals surface area contributed by atoms with Gasteiger partial charge >= 0.3 is 0 Å². The average molecular weight is 561 g/mol. The Balaban J connectivity index is 0.00000289. The first kappa shape index (κ1) is 26.2. The molecule has 3 saturated heterocycles. The van der Waals surface area contributed by atoms with Gasteiger partial charge in [0.05, 0.1) is 5.41 Å². The SMILES string of the molecule is CC(=O)N1CC(CN2CCC3(CC2)CCN(Cc2ccc(Br)cc2)C3=O)C(c2ccccc2)C1.Cl. The lowest BCUT2D eigenvalue weighted by Crippen LogP contribution is -2.46. The summed E-state index contributed by atoms with van der Waals surface area (Å²) >= 11 is 3.49. The van der Waals surface area contributed by atoms with Gasteiger partial charge < -0.3 is 14.7 Å². The molecule has 0 radical (unpaired) electrons.